The Balaban J connectivity index is 1.59. The molecule has 3 rings (SSSR count). The van der Waals surface area contributed by atoms with Crippen molar-refractivity contribution >= 4 is 39.1 Å². The topological polar surface area (TPSA) is 77.2 Å². The summed E-state index contributed by atoms with van der Waals surface area (Å²) in [6.45, 7) is 1.77. The lowest BCUT2D eigenvalue weighted by Gasteiger charge is -2.26. The SMILES string of the molecule is NC(C(=O)NCc1nc2cc(Cl)ccc2s1)C1CCOCC1. The first kappa shape index (κ1) is 15.7. The van der Waals surface area contributed by atoms with Gasteiger partial charge in [0.2, 0.25) is 5.91 Å². The number of fused-ring (bicyclic) bond motifs is 1. The van der Waals surface area contributed by atoms with Crippen LogP contribution in [-0.2, 0) is 16.1 Å². The number of carbonyl (C=O) groups excluding carboxylic acids is 1. The average Bonchev–Trinajstić information content (AvgIpc) is 2.94. The molecular formula is C15H18ClN3O2S. The van der Waals surface area contributed by atoms with Crippen LogP contribution in [0.2, 0.25) is 5.02 Å². The van der Waals surface area contributed by atoms with Crippen molar-refractivity contribution in [2.75, 3.05) is 13.2 Å². The minimum absolute atomic E-state index is 0.121. The molecule has 5 nitrogen and oxygen atoms in total. The highest BCUT2D eigenvalue weighted by molar-refractivity contribution is 7.18. The number of halogens is 1. The first-order valence-electron chi connectivity index (χ1n) is 7.29. The molecule has 1 aromatic heterocycles. The van der Waals surface area contributed by atoms with Gasteiger partial charge in [-0.2, -0.15) is 0 Å². The Kier molecular flexibility index (Phi) is 4.93. The number of amides is 1. The van der Waals surface area contributed by atoms with Gasteiger partial charge in [0.25, 0.3) is 0 Å². The maximum absolute atomic E-state index is 12.2. The molecular weight excluding hydrogens is 322 g/mol. The summed E-state index contributed by atoms with van der Waals surface area (Å²) in [6.07, 6.45) is 1.68. The molecule has 0 saturated carbocycles. The molecule has 1 aliphatic heterocycles. The number of hydrogen-bond acceptors (Lipinski definition) is 5. The summed E-state index contributed by atoms with van der Waals surface area (Å²) in [5.41, 5.74) is 6.91. The van der Waals surface area contributed by atoms with Crippen LogP contribution < -0.4 is 11.1 Å². The van der Waals surface area contributed by atoms with Crippen molar-refractivity contribution in [3.05, 3.63) is 28.2 Å². The van der Waals surface area contributed by atoms with Crippen LogP contribution in [0.3, 0.4) is 0 Å². The van der Waals surface area contributed by atoms with Gasteiger partial charge in [-0.05, 0) is 37.0 Å². The minimum Gasteiger partial charge on any atom is -0.381 e. The highest BCUT2D eigenvalue weighted by Crippen LogP contribution is 2.25. The number of hydrogen-bond donors (Lipinski definition) is 2. The standard InChI is InChI=1S/C15H18ClN3O2S/c16-10-1-2-12-11(7-10)19-13(22-12)8-18-15(20)14(17)9-3-5-21-6-4-9/h1-2,7,9,14H,3-6,8,17H2,(H,18,20). The average molecular weight is 340 g/mol. The maximum atomic E-state index is 12.2. The molecule has 22 heavy (non-hydrogen) atoms. The van der Waals surface area contributed by atoms with E-state index < -0.39 is 6.04 Å². The molecule has 3 N–H and O–H groups in total. The number of aromatic nitrogens is 1. The van der Waals surface area contributed by atoms with E-state index in [-0.39, 0.29) is 11.8 Å². The fourth-order valence-electron chi connectivity index (χ4n) is 2.59. The first-order valence-corrected chi connectivity index (χ1v) is 8.49. The third-order valence-corrected chi connectivity index (χ3v) is 5.16. The maximum Gasteiger partial charge on any atom is 0.237 e. The number of nitrogens with zero attached hydrogens (tertiary/aromatic N) is 1. The predicted octanol–water partition coefficient (Wildman–Crippen LogP) is 2.32. The zero-order valence-corrected chi connectivity index (χ0v) is 13.6. The molecule has 0 radical (unpaired) electrons. The van der Waals surface area contributed by atoms with Crippen molar-refractivity contribution in [3.8, 4) is 0 Å². The Labute approximate surface area is 137 Å². The third kappa shape index (κ3) is 3.57. The smallest absolute Gasteiger partial charge is 0.237 e. The second-order valence-corrected chi connectivity index (χ2v) is 6.96. The van der Waals surface area contributed by atoms with Gasteiger partial charge < -0.3 is 15.8 Å². The largest absolute Gasteiger partial charge is 0.381 e. The van der Waals surface area contributed by atoms with E-state index in [1.54, 1.807) is 11.3 Å². The number of carbonyl (C=O) groups is 1. The van der Waals surface area contributed by atoms with Crippen molar-refractivity contribution in [2.45, 2.75) is 25.4 Å². The van der Waals surface area contributed by atoms with Crippen molar-refractivity contribution < 1.29 is 9.53 Å². The number of benzene rings is 1. The Hall–Kier alpha value is -1.21. The van der Waals surface area contributed by atoms with Crippen LogP contribution in [0.25, 0.3) is 10.2 Å². The Morgan fingerprint density at radius 3 is 3.05 bits per heavy atom. The fraction of sp³-hybridized carbons (Fsp3) is 0.467. The van der Waals surface area contributed by atoms with Crippen LogP contribution in [0.4, 0.5) is 0 Å². The summed E-state index contributed by atoms with van der Waals surface area (Å²) in [5, 5.41) is 4.40. The number of nitrogens with one attached hydrogen (secondary N) is 1. The Bertz CT molecular complexity index is 670. The second kappa shape index (κ2) is 6.91. The van der Waals surface area contributed by atoms with E-state index >= 15 is 0 Å². The first-order chi connectivity index (χ1) is 10.6. The van der Waals surface area contributed by atoms with Gasteiger partial charge in [0.15, 0.2) is 0 Å². The van der Waals surface area contributed by atoms with E-state index in [0.717, 1.165) is 28.1 Å². The zero-order valence-electron chi connectivity index (χ0n) is 12.0. The van der Waals surface area contributed by atoms with Crippen molar-refractivity contribution in [3.63, 3.8) is 0 Å². The van der Waals surface area contributed by atoms with Crippen LogP contribution in [0, 0.1) is 5.92 Å². The summed E-state index contributed by atoms with van der Waals surface area (Å²) in [6, 6.07) is 5.12. The van der Waals surface area contributed by atoms with Gasteiger partial charge in [0.05, 0.1) is 22.8 Å². The van der Waals surface area contributed by atoms with Gasteiger partial charge in [0, 0.05) is 18.2 Å². The molecule has 1 atom stereocenters. The molecule has 1 aliphatic rings. The molecule has 1 amide bonds. The lowest BCUT2D eigenvalue weighted by molar-refractivity contribution is -0.124. The van der Waals surface area contributed by atoms with Crippen LogP contribution in [0.1, 0.15) is 17.8 Å². The molecule has 1 saturated heterocycles. The molecule has 0 bridgehead atoms. The molecule has 1 fully saturated rings. The highest BCUT2D eigenvalue weighted by atomic mass is 35.5. The van der Waals surface area contributed by atoms with E-state index in [1.165, 1.54) is 0 Å². The summed E-state index contributed by atoms with van der Waals surface area (Å²) in [4.78, 5) is 16.6. The summed E-state index contributed by atoms with van der Waals surface area (Å²) < 4.78 is 6.35. The molecule has 118 valence electrons. The van der Waals surface area contributed by atoms with Gasteiger partial charge in [-0.1, -0.05) is 11.6 Å². The number of rotatable bonds is 4. The van der Waals surface area contributed by atoms with E-state index in [1.807, 2.05) is 18.2 Å². The molecule has 1 unspecified atom stereocenters. The summed E-state index contributed by atoms with van der Waals surface area (Å²) >= 11 is 7.50. The van der Waals surface area contributed by atoms with Crippen LogP contribution in [0.5, 0.6) is 0 Å². The molecule has 0 spiro atoms. The van der Waals surface area contributed by atoms with Crippen LogP contribution in [-0.4, -0.2) is 30.1 Å². The second-order valence-electron chi connectivity index (χ2n) is 5.41. The van der Waals surface area contributed by atoms with Crippen LogP contribution >= 0.6 is 22.9 Å². The molecule has 2 aromatic rings. The molecule has 7 heteroatoms. The van der Waals surface area contributed by atoms with Gasteiger partial charge in [-0.25, -0.2) is 4.98 Å². The van der Waals surface area contributed by atoms with Gasteiger partial charge in [0.1, 0.15) is 5.01 Å². The number of ether oxygens (including phenoxy) is 1. The fourth-order valence-corrected chi connectivity index (χ4v) is 3.65. The summed E-state index contributed by atoms with van der Waals surface area (Å²) in [5.74, 6) is 0.0760. The van der Waals surface area contributed by atoms with Gasteiger partial charge >= 0.3 is 0 Å². The zero-order chi connectivity index (χ0) is 15.5. The molecule has 2 heterocycles. The van der Waals surface area contributed by atoms with Gasteiger partial charge in [-0.15, -0.1) is 11.3 Å². The predicted molar refractivity (Wildman–Crippen MR) is 88.0 cm³/mol. The monoisotopic (exact) mass is 339 g/mol. The van der Waals surface area contributed by atoms with Crippen LogP contribution in [0.15, 0.2) is 18.2 Å². The van der Waals surface area contributed by atoms with E-state index in [4.69, 9.17) is 22.1 Å². The van der Waals surface area contributed by atoms with Crippen molar-refractivity contribution in [1.82, 2.24) is 10.3 Å². The Morgan fingerprint density at radius 1 is 1.50 bits per heavy atom. The Morgan fingerprint density at radius 2 is 2.27 bits per heavy atom. The minimum atomic E-state index is -0.479. The van der Waals surface area contributed by atoms with Crippen molar-refractivity contribution in [2.24, 2.45) is 11.7 Å². The normalized spacial score (nSPS) is 17.5. The quantitative estimate of drug-likeness (QED) is 0.896. The summed E-state index contributed by atoms with van der Waals surface area (Å²) in [7, 11) is 0. The lowest BCUT2D eigenvalue weighted by Crippen LogP contribution is -2.46. The number of nitrogens with two attached hydrogens (primary N) is 1. The van der Waals surface area contributed by atoms with Crippen molar-refractivity contribution in [1.29, 1.82) is 0 Å². The molecule has 1 aromatic carbocycles. The number of thiazole rings is 1. The van der Waals surface area contributed by atoms with E-state index in [0.29, 0.717) is 24.8 Å². The van der Waals surface area contributed by atoms with Gasteiger partial charge in [-0.3, -0.25) is 4.79 Å². The molecule has 0 aliphatic carbocycles. The highest BCUT2D eigenvalue weighted by Gasteiger charge is 2.26. The lowest BCUT2D eigenvalue weighted by atomic mass is 9.92. The van der Waals surface area contributed by atoms with E-state index in [9.17, 15) is 4.79 Å². The van der Waals surface area contributed by atoms with E-state index in [2.05, 4.69) is 10.3 Å². The third-order valence-electron chi connectivity index (χ3n) is 3.88.